The Kier molecular flexibility index (Phi) is 8.17. The van der Waals surface area contributed by atoms with Crippen LogP contribution in [0.2, 0.25) is 0 Å². The predicted octanol–water partition coefficient (Wildman–Crippen LogP) is 3.36. The Balaban J connectivity index is 1.94. The maximum atomic E-state index is 13.8. The predicted molar refractivity (Wildman–Crippen MR) is 145 cm³/mol. The van der Waals surface area contributed by atoms with Crippen LogP contribution in [-0.2, 0) is 14.3 Å². The van der Waals surface area contributed by atoms with Gasteiger partial charge in [-0.25, -0.2) is 14.6 Å². The Hall–Kier alpha value is -3.70. The fourth-order valence-electron chi connectivity index (χ4n) is 4.15. The fourth-order valence-corrected chi connectivity index (χ4v) is 5.74. The summed E-state index contributed by atoms with van der Waals surface area (Å²) in [4.78, 5) is 43.7. The first kappa shape index (κ1) is 27.3. The Morgan fingerprint density at radius 3 is 2.34 bits per heavy atom. The molecule has 0 amide bonds. The summed E-state index contributed by atoms with van der Waals surface area (Å²) in [5.41, 5.74) is 2.10. The van der Waals surface area contributed by atoms with E-state index in [1.165, 1.54) is 37.2 Å². The van der Waals surface area contributed by atoms with E-state index in [4.69, 9.17) is 18.9 Å². The normalized spacial score (nSPS) is 15.0. The number of fused-ring (bicyclic) bond motifs is 1. The SMILES string of the molecule is CCOC(=O)C1=C(C)N=c2s/c(=C\c3ccc(C(=O)OC)cc3)c(=O)n2[C@@H]1c1cc(OC)c(OC)cc1Br. The highest BCUT2D eigenvalue weighted by Crippen LogP contribution is 2.40. The number of halogens is 1. The number of esters is 2. The number of benzene rings is 2. The summed E-state index contributed by atoms with van der Waals surface area (Å²) in [5.74, 6) is -0.0767. The molecule has 0 saturated heterocycles. The van der Waals surface area contributed by atoms with Crippen molar-refractivity contribution in [3.8, 4) is 11.5 Å². The van der Waals surface area contributed by atoms with Crippen molar-refractivity contribution in [2.75, 3.05) is 27.9 Å². The van der Waals surface area contributed by atoms with E-state index in [0.29, 0.717) is 47.7 Å². The van der Waals surface area contributed by atoms with Gasteiger partial charge in [-0.15, -0.1) is 0 Å². The van der Waals surface area contributed by atoms with Gasteiger partial charge in [0.15, 0.2) is 16.3 Å². The van der Waals surface area contributed by atoms with E-state index in [0.717, 1.165) is 0 Å². The summed E-state index contributed by atoms with van der Waals surface area (Å²) in [7, 11) is 4.36. The van der Waals surface area contributed by atoms with Gasteiger partial charge in [0.25, 0.3) is 5.56 Å². The molecule has 4 rings (SSSR count). The summed E-state index contributed by atoms with van der Waals surface area (Å²) in [5, 5.41) is 0. The van der Waals surface area contributed by atoms with Gasteiger partial charge in [-0.3, -0.25) is 9.36 Å². The van der Waals surface area contributed by atoms with Crippen LogP contribution in [0.25, 0.3) is 6.08 Å². The number of carbonyl (C=O) groups is 2. The van der Waals surface area contributed by atoms with Gasteiger partial charge in [0.2, 0.25) is 0 Å². The van der Waals surface area contributed by atoms with Crippen molar-refractivity contribution >= 4 is 45.3 Å². The summed E-state index contributed by atoms with van der Waals surface area (Å²) in [6, 6.07) is 9.33. The molecule has 0 N–H and O–H groups in total. The van der Waals surface area contributed by atoms with Crippen LogP contribution in [0.1, 0.15) is 41.4 Å². The van der Waals surface area contributed by atoms with Crippen LogP contribution in [0, 0.1) is 0 Å². The third-order valence-electron chi connectivity index (χ3n) is 5.94. The Labute approximate surface area is 230 Å². The summed E-state index contributed by atoms with van der Waals surface area (Å²) < 4.78 is 23.5. The standard InChI is InChI=1S/C27H25BrN2O7S/c1-6-37-26(33)22-14(2)29-27-30(23(22)17-12-19(34-3)20(35-4)13-18(17)28)24(31)21(38-27)11-15-7-9-16(10-8-15)25(32)36-5/h7-13,23H,6H2,1-5H3/b21-11-/t23-/m1/s1. The number of methoxy groups -OCH3 is 3. The van der Waals surface area contributed by atoms with Crippen molar-refractivity contribution in [2.45, 2.75) is 19.9 Å². The molecule has 3 aromatic rings. The number of aromatic nitrogens is 1. The van der Waals surface area contributed by atoms with E-state index in [9.17, 15) is 14.4 Å². The number of carbonyl (C=O) groups excluding carboxylic acids is 2. The molecule has 1 atom stereocenters. The molecule has 0 unspecified atom stereocenters. The summed E-state index contributed by atoms with van der Waals surface area (Å²) >= 11 is 4.79. The molecule has 1 aliphatic rings. The first-order chi connectivity index (χ1) is 18.2. The van der Waals surface area contributed by atoms with Crippen LogP contribution in [0.3, 0.4) is 0 Å². The molecule has 0 spiro atoms. The zero-order chi connectivity index (χ0) is 27.6. The summed E-state index contributed by atoms with van der Waals surface area (Å²) in [6.07, 6.45) is 1.72. The van der Waals surface area contributed by atoms with Crippen LogP contribution in [0.4, 0.5) is 0 Å². The molecule has 0 fully saturated rings. The van der Waals surface area contributed by atoms with Gasteiger partial charge in [-0.1, -0.05) is 39.4 Å². The zero-order valence-corrected chi connectivity index (χ0v) is 23.8. The van der Waals surface area contributed by atoms with Crippen molar-refractivity contribution in [1.29, 1.82) is 0 Å². The van der Waals surface area contributed by atoms with Gasteiger partial charge in [0.1, 0.15) is 0 Å². The summed E-state index contributed by atoms with van der Waals surface area (Å²) in [6.45, 7) is 3.60. The average Bonchev–Trinajstić information content (AvgIpc) is 3.21. The molecule has 9 nitrogen and oxygen atoms in total. The highest BCUT2D eigenvalue weighted by molar-refractivity contribution is 9.10. The van der Waals surface area contributed by atoms with Gasteiger partial charge in [-0.05, 0) is 55.3 Å². The van der Waals surface area contributed by atoms with Gasteiger partial charge >= 0.3 is 11.9 Å². The molecule has 2 heterocycles. The van der Waals surface area contributed by atoms with Crippen molar-refractivity contribution in [1.82, 2.24) is 4.57 Å². The first-order valence-corrected chi connectivity index (χ1v) is 13.1. The molecule has 0 radical (unpaired) electrons. The van der Waals surface area contributed by atoms with Crippen molar-refractivity contribution in [2.24, 2.45) is 4.99 Å². The van der Waals surface area contributed by atoms with Crippen LogP contribution < -0.4 is 24.4 Å². The maximum absolute atomic E-state index is 13.8. The molecule has 198 valence electrons. The highest BCUT2D eigenvalue weighted by atomic mass is 79.9. The van der Waals surface area contributed by atoms with Gasteiger partial charge in [0.05, 0.1) is 55.3 Å². The molecule has 2 aromatic carbocycles. The minimum Gasteiger partial charge on any atom is -0.493 e. The van der Waals surface area contributed by atoms with Gasteiger partial charge < -0.3 is 18.9 Å². The minimum atomic E-state index is -0.830. The maximum Gasteiger partial charge on any atom is 0.338 e. The van der Waals surface area contributed by atoms with Crippen LogP contribution >= 0.6 is 27.3 Å². The smallest absolute Gasteiger partial charge is 0.338 e. The minimum absolute atomic E-state index is 0.168. The monoisotopic (exact) mass is 600 g/mol. The molecule has 1 aromatic heterocycles. The van der Waals surface area contributed by atoms with E-state index in [-0.39, 0.29) is 17.7 Å². The molecule has 11 heteroatoms. The highest BCUT2D eigenvalue weighted by Gasteiger charge is 2.35. The second-order valence-electron chi connectivity index (χ2n) is 8.14. The van der Waals surface area contributed by atoms with Crippen molar-refractivity contribution < 1.29 is 28.5 Å². The van der Waals surface area contributed by atoms with E-state index in [2.05, 4.69) is 20.9 Å². The molecule has 0 bridgehead atoms. The van der Waals surface area contributed by atoms with Gasteiger partial charge in [-0.2, -0.15) is 0 Å². The second-order valence-corrected chi connectivity index (χ2v) is 10.0. The molecular weight excluding hydrogens is 576 g/mol. The lowest BCUT2D eigenvalue weighted by Crippen LogP contribution is -2.40. The molecule has 1 aliphatic heterocycles. The molecule has 0 saturated carbocycles. The van der Waals surface area contributed by atoms with E-state index in [1.54, 1.807) is 56.3 Å². The topological polar surface area (TPSA) is 105 Å². The Bertz CT molecular complexity index is 1620. The van der Waals surface area contributed by atoms with Crippen molar-refractivity contribution in [3.05, 3.63) is 88.5 Å². The number of allylic oxidation sites excluding steroid dienone is 1. The van der Waals surface area contributed by atoms with Crippen LogP contribution in [-0.4, -0.2) is 44.4 Å². The van der Waals surface area contributed by atoms with Crippen LogP contribution in [0.15, 0.2) is 61.9 Å². The number of ether oxygens (including phenoxy) is 4. The third-order valence-corrected chi connectivity index (χ3v) is 7.61. The lowest BCUT2D eigenvalue weighted by molar-refractivity contribution is -0.139. The fraction of sp³-hybridized carbons (Fsp3) is 0.259. The number of nitrogens with zero attached hydrogens (tertiary/aromatic N) is 2. The molecule has 38 heavy (non-hydrogen) atoms. The van der Waals surface area contributed by atoms with Crippen molar-refractivity contribution in [3.63, 3.8) is 0 Å². The van der Waals surface area contributed by atoms with Gasteiger partial charge in [0, 0.05) is 4.47 Å². The Morgan fingerprint density at radius 2 is 1.74 bits per heavy atom. The molecule has 0 aliphatic carbocycles. The number of hydrogen-bond donors (Lipinski definition) is 0. The first-order valence-electron chi connectivity index (χ1n) is 11.5. The van der Waals surface area contributed by atoms with E-state index in [1.807, 2.05) is 0 Å². The zero-order valence-electron chi connectivity index (χ0n) is 21.4. The van der Waals surface area contributed by atoms with E-state index < -0.39 is 18.0 Å². The lowest BCUT2D eigenvalue weighted by atomic mass is 9.95. The number of hydrogen-bond acceptors (Lipinski definition) is 9. The Morgan fingerprint density at radius 1 is 1.08 bits per heavy atom. The number of thiazole rings is 1. The number of rotatable bonds is 7. The quantitative estimate of drug-likeness (QED) is 0.383. The second kappa shape index (κ2) is 11.4. The molecular formula is C27H25BrN2O7S. The van der Waals surface area contributed by atoms with Crippen LogP contribution in [0.5, 0.6) is 11.5 Å². The lowest BCUT2D eigenvalue weighted by Gasteiger charge is -2.26. The van der Waals surface area contributed by atoms with E-state index >= 15 is 0 Å². The third kappa shape index (κ3) is 5.03. The average molecular weight is 601 g/mol. The largest absolute Gasteiger partial charge is 0.493 e.